The number of benzene rings is 1. The molecule has 1 aliphatic carbocycles. The maximum Gasteiger partial charge on any atom is 0.249 e. The Balaban J connectivity index is 1.90. The standard InChI is InChI=1S/C16H20ClN3O2/c1-10(18-11(2)21)16(22)20-8-7-19(13-4-5-13)14-6-3-12(17)9-15(14)20/h3,6,9-10,13H,4-5,7-8H2,1-2H3,(H,18,21). The molecule has 1 aromatic rings. The summed E-state index contributed by atoms with van der Waals surface area (Å²) in [6.07, 6.45) is 2.41. The van der Waals surface area contributed by atoms with Crippen LogP contribution in [0.25, 0.3) is 0 Å². The number of rotatable bonds is 3. The van der Waals surface area contributed by atoms with Gasteiger partial charge in [-0.05, 0) is 38.0 Å². The predicted octanol–water partition coefficient (Wildman–Crippen LogP) is 2.18. The van der Waals surface area contributed by atoms with Crippen LogP contribution in [0.15, 0.2) is 18.2 Å². The average Bonchev–Trinajstić information content (AvgIpc) is 3.29. The Morgan fingerprint density at radius 3 is 2.64 bits per heavy atom. The molecule has 0 aromatic heterocycles. The Hall–Kier alpha value is -1.75. The number of nitrogens with one attached hydrogen (secondary N) is 1. The number of amides is 2. The van der Waals surface area contributed by atoms with Crippen molar-refractivity contribution in [3.63, 3.8) is 0 Å². The molecule has 1 aliphatic heterocycles. The van der Waals surface area contributed by atoms with Gasteiger partial charge in [0.1, 0.15) is 6.04 Å². The van der Waals surface area contributed by atoms with Crippen molar-refractivity contribution in [3.05, 3.63) is 23.2 Å². The summed E-state index contributed by atoms with van der Waals surface area (Å²) in [7, 11) is 0. The molecule has 3 rings (SSSR count). The first kappa shape index (κ1) is 15.2. The van der Waals surface area contributed by atoms with Gasteiger partial charge in [-0.15, -0.1) is 0 Å². The quantitative estimate of drug-likeness (QED) is 0.928. The van der Waals surface area contributed by atoms with Crippen LogP contribution in [0.5, 0.6) is 0 Å². The lowest BCUT2D eigenvalue weighted by atomic mass is 10.1. The first-order valence-electron chi connectivity index (χ1n) is 7.62. The van der Waals surface area contributed by atoms with Crippen molar-refractivity contribution in [2.75, 3.05) is 22.9 Å². The Morgan fingerprint density at radius 1 is 1.27 bits per heavy atom. The molecule has 1 fully saturated rings. The van der Waals surface area contributed by atoms with Crippen LogP contribution >= 0.6 is 11.6 Å². The second kappa shape index (κ2) is 5.80. The normalized spacial score (nSPS) is 18.7. The molecule has 0 radical (unpaired) electrons. The lowest BCUT2D eigenvalue weighted by molar-refractivity contribution is -0.126. The number of carbonyl (C=O) groups is 2. The molecule has 2 amide bonds. The fourth-order valence-corrected chi connectivity index (χ4v) is 3.17. The third kappa shape index (κ3) is 2.90. The van der Waals surface area contributed by atoms with Gasteiger partial charge in [0.15, 0.2) is 0 Å². The van der Waals surface area contributed by atoms with E-state index in [4.69, 9.17) is 11.6 Å². The van der Waals surface area contributed by atoms with Gasteiger partial charge < -0.3 is 15.1 Å². The molecule has 0 bridgehead atoms. The van der Waals surface area contributed by atoms with Crippen LogP contribution in [0, 0.1) is 0 Å². The molecule has 2 aliphatic rings. The second-order valence-corrected chi connectivity index (χ2v) is 6.41. The first-order chi connectivity index (χ1) is 10.5. The van der Waals surface area contributed by atoms with E-state index in [1.165, 1.54) is 19.8 Å². The van der Waals surface area contributed by atoms with E-state index >= 15 is 0 Å². The number of nitrogens with zero attached hydrogens (tertiary/aromatic N) is 2. The lowest BCUT2D eigenvalue weighted by Gasteiger charge is -2.39. The smallest absolute Gasteiger partial charge is 0.249 e. The zero-order valence-electron chi connectivity index (χ0n) is 12.8. The van der Waals surface area contributed by atoms with Crippen LogP contribution in [-0.4, -0.2) is 37.0 Å². The monoisotopic (exact) mass is 321 g/mol. The number of halogens is 1. The molecule has 0 spiro atoms. The highest BCUT2D eigenvalue weighted by molar-refractivity contribution is 6.31. The minimum atomic E-state index is -0.545. The molecule has 22 heavy (non-hydrogen) atoms. The summed E-state index contributed by atoms with van der Waals surface area (Å²) in [6, 6.07) is 5.73. The Labute approximate surface area is 135 Å². The van der Waals surface area contributed by atoms with Gasteiger partial charge in [0.2, 0.25) is 11.8 Å². The Bertz CT molecular complexity index is 615. The minimum absolute atomic E-state index is 0.103. The molecule has 1 unspecified atom stereocenters. The second-order valence-electron chi connectivity index (χ2n) is 5.97. The molecule has 5 nitrogen and oxygen atoms in total. The summed E-state index contributed by atoms with van der Waals surface area (Å²) in [5.41, 5.74) is 1.90. The molecule has 1 saturated carbocycles. The molecule has 1 heterocycles. The molecule has 118 valence electrons. The molecule has 1 atom stereocenters. The number of fused-ring (bicyclic) bond motifs is 1. The fourth-order valence-electron chi connectivity index (χ4n) is 3.00. The number of hydrogen-bond donors (Lipinski definition) is 1. The van der Waals surface area contributed by atoms with E-state index in [0.717, 1.165) is 17.9 Å². The van der Waals surface area contributed by atoms with Gasteiger partial charge in [-0.1, -0.05) is 11.6 Å². The highest BCUT2D eigenvalue weighted by Gasteiger charge is 2.36. The zero-order valence-corrected chi connectivity index (χ0v) is 13.6. The van der Waals surface area contributed by atoms with E-state index in [-0.39, 0.29) is 11.8 Å². The van der Waals surface area contributed by atoms with E-state index < -0.39 is 6.04 Å². The van der Waals surface area contributed by atoms with Gasteiger partial charge in [0.05, 0.1) is 11.4 Å². The van der Waals surface area contributed by atoms with E-state index in [1.54, 1.807) is 11.8 Å². The summed E-state index contributed by atoms with van der Waals surface area (Å²) in [6.45, 7) is 4.56. The predicted molar refractivity (Wildman–Crippen MR) is 87.5 cm³/mol. The Morgan fingerprint density at radius 2 is 2.00 bits per heavy atom. The van der Waals surface area contributed by atoms with Gasteiger partial charge >= 0.3 is 0 Å². The summed E-state index contributed by atoms with van der Waals surface area (Å²) < 4.78 is 0. The van der Waals surface area contributed by atoms with E-state index in [2.05, 4.69) is 10.2 Å². The third-order valence-electron chi connectivity index (χ3n) is 4.15. The maximum absolute atomic E-state index is 12.6. The van der Waals surface area contributed by atoms with Crippen molar-refractivity contribution in [1.29, 1.82) is 0 Å². The van der Waals surface area contributed by atoms with Crippen LogP contribution in [0.3, 0.4) is 0 Å². The highest BCUT2D eigenvalue weighted by Crippen LogP contribution is 2.41. The van der Waals surface area contributed by atoms with E-state index in [0.29, 0.717) is 17.6 Å². The van der Waals surface area contributed by atoms with Gasteiger partial charge in [-0.25, -0.2) is 0 Å². The first-order valence-corrected chi connectivity index (χ1v) is 8.00. The van der Waals surface area contributed by atoms with Crippen LogP contribution in [0.2, 0.25) is 5.02 Å². The van der Waals surface area contributed by atoms with Gasteiger partial charge in [-0.3, -0.25) is 9.59 Å². The molecule has 0 saturated heterocycles. The summed E-state index contributed by atoms with van der Waals surface area (Å²) >= 11 is 6.13. The fraction of sp³-hybridized carbons (Fsp3) is 0.500. The van der Waals surface area contributed by atoms with Crippen molar-refractivity contribution >= 4 is 34.8 Å². The van der Waals surface area contributed by atoms with E-state index in [9.17, 15) is 9.59 Å². The van der Waals surface area contributed by atoms with Crippen molar-refractivity contribution in [2.24, 2.45) is 0 Å². The molecule has 1 aromatic carbocycles. The molecular formula is C16H20ClN3O2. The largest absolute Gasteiger partial charge is 0.365 e. The van der Waals surface area contributed by atoms with Crippen molar-refractivity contribution < 1.29 is 9.59 Å². The number of carbonyl (C=O) groups excluding carboxylic acids is 2. The van der Waals surface area contributed by atoms with Crippen LogP contribution in [0.4, 0.5) is 11.4 Å². The van der Waals surface area contributed by atoms with Gasteiger partial charge in [0.25, 0.3) is 0 Å². The van der Waals surface area contributed by atoms with Crippen LogP contribution in [0.1, 0.15) is 26.7 Å². The Kier molecular flexibility index (Phi) is 4.00. The third-order valence-corrected chi connectivity index (χ3v) is 4.38. The molecular weight excluding hydrogens is 302 g/mol. The SMILES string of the molecule is CC(=O)NC(C)C(=O)N1CCN(C2CC2)c2ccc(Cl)cc21. The van der Waals surface area contributed by atoms with Crippen LogP contribution in [-0.2, 0) is 9.59 Å². The minimum Gasteiger partial charge on any atom is -0.365 e. The molecule has 1 N–H and O–H groups in total. The zero-order chi connectivity index (χ0) is 15.9. The van der Waals surface area contributed by atoms with Crippen LogP contribution < -0.4 is 15.1 Å². The number of hydrogen-bond acceptors (Lipinski definition) is 3. The average molecular weight is 322 g/mol. The summed E-state index contributed by atoms with van der Waals surface area (Å²) in [5, 5.41) is 3.27. The topological polar surface area (TPSA) is 52.7 Å². The van der Waals surface area contributed by atoms with E-state index in [1.807, 2.05) is 18.2 Å². The number of anilines is 2. The molecule has 6 heteroatoms. The van der Waals surface area contributed by atoms with Crippen molar-refractivity contribution in [1.82, 2.24) is 5.32 Å². The van der Waals surface area contributed by atoms with Gasteiger partial charge in [0, 0.05) is 31.1 Å². The maximum atomic E-state index is 12.6. The summed E-state index contributed by atoms with van der Waals surface area (Å²) in [4.78, 5) is 27.9. The highest BCUT2D eigenvalue weighted by atomic mass is 35.5. The van der Waals surface area contributed by atoms with Gasteiger partial charge in [-0.2, -0.15) is 0 Å². The van der Waals surface area contributed by atoms with Crippen molar-refractivity contribution in [3.8, 4) is 0 Å². The summed E-state index contributed by atoms with van der Waals surface area (Å²) in [5.74, 6) is -0.307. The van der Waals surface area contributed by atoms with Crippen molar-refractivity contribution in [2.45, 2.75) is 38.8 Å². The lowest BCUT2D eigenvalue weighted by Crippen LogP contribution is -2.51.